The van der Waals surface area contributed by atoms with Crippen molar-refractivity contribution in [2.24, 2.45) is 0 Å². The van der Waals surface area contributed by atoms with Crippen molar-refractivity contribution < 1.29 is 37.9 Å². The summed E-state index contributed by atoms with van der Waals surface area (Å²) in [4.78, 5) is 38.4. The molecule has 2 N–H and O–H groups in total. The Morgan fingerprint density at radius 3 is 1.04 bits per heavy atom. The number of hydrogen-bond donors (Lipinski definition) is 2. The molecule has 0 aliphatic carbocycles. The van der Waals surface area contributed by atoms with Gasteiger partial charge in [0, 0.05) is 43.8 Å². The zero-order chi connectivity index (χ0) is 47.5. The second-order valence-corrected chi connectivity index (χ2v) is 18.0. The van der Waals surface area contributed by atoms with Crippen molar-refractivity contribution in [2.45, 2.75) is 100 Å². The van der Waals surface area contributed by atoms with Crippen LogP contribution in [0.1, 0.15) is 76.2 Å². The quantitative estimate of drug-likeness (QED) is 0.111. The van der Waals surface area contributed by atoms with E-state index in [9.17, 15) is 0 Å². The number of ether oxygens (including phenoxy) is 8. The van der Waals surface area contributed by atoms with Gasteiger partial charge in [0.25, 0.3) is 0 Å². The summed E-state index contributed by atoms with van der Waals surface area (Å²) in [6.07, 6.45) is -0.427. The Bertz CT molecular complexity index is 3240. The largest absolute Gasteiger partial charge is 0.493 e. The first kappa shape index (κ1) is 44.8. The Morgan fingerprint density at radius 1 is 0.418 bits per heavy atom. The number of fused-ring (bicyclic) bond motifs is 20. The molecular weight excluding hydrogens is 853 g/mol. The first-order valence-corrected chi connectivity index (χ1v) is 22.6. The summed E-state index contributed by atoms with van der Waals surface area (Å²) in [6, 6.07) is 15.2. The van der Waals surface area contributed by atoms with Crippen molar-refractivity contribution in [3.8, 4) is 91.5 Å². The standard InChI is InChI=1S/C51H56N8O8/c1-14-62-37-18-29-27(16-35(37)60-12)43-52-45(29)56-48-32-21-40(65-25(5)6)41(66-26(7)8)22-33(32)49(59-48)57-46-30-19-38(63-15-2)42(67-51(9,10)11)23-34(30)50(58-46)55-44-28-17-36(61-13)39(64-24(3)4)20-31(28)47(53-43)54-44/h16-26H,14-15H2,1-13H3,(H2,52,53,54,55,56,57,58,59). The Hall–Kier alpha value is -7.36. The molecule has 2 aliphatic rings. The number of nitrogens with zero attached hydrogens (tertiary/aromatic N) is 6. The second-order valence-electron chi connectivity index (χ2n) is 18.0. The van der Waals surface area contributed by atoms with Gasteiger partial charge in [-0.05, 0) is 125 Å². The van der Waals surface area contributed by atoms with E-state index in [0.29, 0.717) is 149 Å². The van der Waals surface area contributed by atoms with E-state index < -0.39 is 5.60 Å². The number of H-pyrrole nitrogens is 2. The summed E-state index contributed by atoms with van der Waals surface area (Å²) in [5.74, 6) is 5.84. The molecule has 0 unspecified atom stereocenters. The van der Waals surface area contributed by atoms with Crippen molar-refractivity contribution in [1.29, 1.82) is 0 Å². The number of aromatic amines is 2. The zero-order valence-electron chi connectivity index (χ0n) is 40.2. The van der Waals surface area contributed by atoms with Crippen LogP contribution in [-0.2, 0) is 0 Å². The van der Waals surface area contributed by atoms with Gasteiger partial charge >= 0.3 is 0 Å². The molecule has 0 saturated heterocycles. The molecule has 7 aromatic rings. The Morgan fingerprint density at radius 2 is 0.716 bits per heavy atom. The molecule has 9 rings (SSSR count). The fourth-order valence-corrected chi connectivity index (χ4v) is 8.12. The summed E-state index contributed by atoms with van der Waals surface area (Å²) < 4.78 is 49.6. The maximum atomic E-state index is 6.51. The van der Waals surface area contributed by atoms with E-state index in [2.05, 4.69) is 9.97 Å². The van der Waals surface area contributed by atoms with Gasteiger partial charge in [-0.2, -0.15) is 0 Å². The fourth-order valence-electron chi connectivity index (χ4n) is 8.12. The van der Waals surface area contributed by atoms with Gasteiger partial charge in [0.2, 0.25) is 0 Å². The smallest absolute Gasteiger partial charge is 0.164 e. The van der Waals surface area contributed by atoms with E-state index in [1.165, 1.54) is 0 Å². The van der Waals surface area contributed by atoms with Crippen molar-refractivity contribution in [3.63, 3.8) is 0 Å². The van der Waals surface area contributed by atoms with Crippen LogP contribution in [0.15, 0.2) is 48.5 Å². The third-order valence-corrected chi connectivity index (χ3v) is 10.6. The lowest BCUT2D eigenvalue weighted by atomic mass is 10.1. The van der Waals surface area contributed by atoms with Crippen LogP contribution in [0.4, 0.5) is 0 Å². The molecule has 4 aromatic carbocycles. The summed E-state index contributed by atoms with van der Waals surface area (Å²) in [7, 11) is 3.21. The zero-order valence-corrected chi connectivity index (χ0v) is 40.2. The molecule has 0 spiro atoms. The maximum Gasteiger partial charge on any atom is 0.164 e. The summed E-state index contributed by atoms with van der Waals surface area (Å²) in [5, 5.41) is 2.84. The molecule has 2 aliphatic heterocycles. The Labute approximate surface area is 388 Å². The van der Waals surface area contributed by atoms with Crippen LogP contribution in [0.2, 0.25) is 0 Å². The lowest BCUT2D eigenvalue weighted by Gasteiger charge is -2.23. The van der Waals surface area contributed by atoms with Crippen molar-refractivity contribution in [1.82, 2.24) is 39.9 Å². The van der Waals surface area contributed by atoms with E-state index in [4.69, 9.17) is 67.8 Å². The normalized spacial score (nSPS) is 12.2. The molecule has 16 heteroatoms. The van der Waals surface area contributed by atoms with Crippen LogP contribution in [0.5, 0.6) is 46.0 Å². The van der Waals surface area contributed by atoms with Crippen molar-refractivity contribution in [2.75, 3.05) is 27.4 Å². The van der Waals surface area contributed by atoms with E-state index >= 15 is 0 Å². The number of nitrogens with one attached hydrogen (secondary N) is 2. The SMILES string of the molecule is CCOc1cc2c(cc1OC)-c1nc-2nc2[nH]c(nc3nc(nc4[nH]c(n1)c1cc(OC(C)C)c(OC)cc41)-c1cc(OC(C)(C)C)c(OCC)cc1-3)c1cc(OC(C)C)c(OC(C)C)cc21. The van der Waals surface area contributed by atoms with Gasteiger partial charge in [0.15, 0.2) is 69.3 Å². The van der Waals surface area contributed by atoms with Gasteiger partial charge < -0.3 is 47.9 Å². The van der Waals surface area contributed by atoms with Gasteiger partial charge in [0.1, 0.15) is 28.2 Å². The number of methoxy groups -OCH3 is 2. The molecule has 16 nitrogen and oxygen atoms in total. The average Bonchev–Trinajstić information content (AvgIpc) is 3.97. The molecule has 0 amide bonds. The topological polar surface area (TPSA) is 183 Å². The molecule has 67 heavy (non-hydrogen) atoms. The number of rotatable bonds is 13. The molecule has 348 valence electrons. The van der Waals surface area contributed by atoms with Crippen LogP contribution < -0.4 is 37.9 Å². The molecule has 3 aromatic heterocycles. The first-order chi connectivity index (χ1) is 32.0. The van der Waals surface area contributed by atoms with E-state index in [1.807, 2.05) is 125 Å². The Kier molecular flexibility index (Phi) is 11.7. The maximum absolute atomic E-state index is 6.51. The van der Waals surface area contributed by atoms with E-state index in [1.54, 1.807) is 14.2 Å². The number of hydrogen-bond acceptors (Lipinski definition) is 14. The highest BCUT2D eigenvalue weighted by atomic mass is 16.5. The minimum atomic E-state index is -0.543. The lowest BCUT2D eigenvalue weighted by Crippen LogP contribution is -2.23. The van der Waals surface area contributed by atoms with E-state index in [0.717, 1.165) is 0 Å². The first-order valence-electron chi connectivity index (χ1n) is 22.6. The molecule has 0 saturated carbocycles. The molecule has 0 atom stereocenters. The second kappa shape index (κ2) is 17.5. The van der Waals surface area contributed by atoms with Crippen LogP contribution in [0.25, 0.3) is 89.7 Å². The molecule has 5 heterocycles. The van der Waals surface area contributed by atoms with Crippen molar-refractivity contribution >= 4 is 44.1 Å². The molecular formula is C51H56N8O8. The minimum absolute atomic E-state index is 0.138. The summed E-state index contributed by atoms with van der Waals surface area (Å²) in [5.41, 5.74) is 4.05. The van der Waals surface area contributed by atoms with Gasteiger partial charge in [-0.3, -0.25) is 0 Å². The van der Waals surface area contributed by atoms with E-state index in [-0.39, 0.29) is 18.3 Å². The van der Waals surface area contributed by atoms with Crippen LogP contribution in [-0.4, -0.2) is 91.2 Å². The summed E-state index contributed by atoms with van der Waals surface area (Å²) >= 11 is 0. The van der Waals surface area contributed by atoms with Gasteiger partial charge in [0.05, 0.1) is 45.7 Å². The lowest BCUT2D eigenvalue weighted by molar-refractivity contribution is 0.124. The average molecular weight is 909 g/mol. The van der Waals surface area contributed by atoms with Gasteiger partial charge in [-0.25, -0.2) is 29.9 Å². The molecule has 0 fully saturated rings. The number of benzene rings is 4. The highest BCUT2D eigenvalue weighted by molar-refractivity contribution is 6.08. The monoisotopic (exact) mass is 908 g/mol. The third-order valence-electron chi connectivity index (χ3n) is 10.6. The molecule has 0 radical (unpaired) electrons. The highest BCUT2D eigenvalue weighted by Crippen LogP contribution is 2.46. The van der Waals surface area contributed by atoms with Gasteiger partial charge in [-0.1, -0.05) is 0 Å². The van der Waals surface area contributed by atoms with Crippen LogP contribution in [0.3, 0.4) is 0 Å². The fraction of sp³-hybridized carbons (Fsp3) is 0.373. The van der Waals surface area contributed by atoms with Crippen molar-refractivity contribution in [3.05, 3.63) is 48.5 Å². The Balaban J connectivity index is 1.48. The highest BCUT2D eigenvalue weighted by Gasteiger charge is 2.28. The summed E-state index contributed by atoms with van der Waals surface area (Å²) in [6.45, 7) is 22.5. The van der Waals surface area contributed by atoms with Gasteiger partial charge in [-0.15, -0.1) is 0 Å². The predicted octanol–water partition coefficient (Wildman–Crippen LogP) is 11.2. The minimum Gasteiger partial charge on any atom is -0.493 e. The third kappa shape index (κ3) is 8.63. The van der Waals surface area contributed by atoms with Crippen LogP contribution >= 0.6 is 0 Å². The molecule has 8 bridgehead atoms. The predicted molar refractivity (Wildman–Crippen MR) is 259 cm³/mol. The number of aromatic nitrogens is 8. The van der Waals surface area contributed by atoms with Crippen LogP contribution in [0, 0.1) is 0 Å².